The molecule has 0 radical (unpaired) electrons. The molecule has 0 aromatic heterocycles. The Morgan fingerprint density at radius 1 is 1.53 bits per heavy atom. The van der Waals surface area contributed by atoms with E-state index >= 15 is 0 Å². The highest BCUT2D eigenvalue weighted by atomic mass is 79.9. The molecule has 1 aromatic carbocycles. The Bertz CT molecular complexity index is 426. The normalized spacial score (nSPS) is 10.5. The van der Waals surface area contributed by atoms with Crippen LogP contribution in [-0.4, -0.2) is 19.7 Å². The van der Waals surface area contributed by atoms with Gasteiger partial charge in [0.2, 0.25) is 0 Å². The van der Waals surface area contributed by atoms with Gasteiger partial charge in [-0.1, -0.05) is 27.5 Å². The molecule has 94 valence electrons. The van der Waals surface area contributed by atoms with Gasteiger partial charge in [0.1, 0.15) is 5.75 Å². The SMILES string of the molecule is COC(=O)c1c(Cl)cc(OC(F)F)cc1CBr. The lowest BCUT2D eigenvalue weighted by Crippen LogP contribution is -2.08. The number of benzene rings is 1. The molecule has 0 aliphatic heterocycles. The van der Waals surface area contributed by atoms with E-state index in [9.17, 15) is 13.6 Å². The number of hydrogen-bond acceptors (Lipinski definition) is 3. The smallest absolute Gasteiger partial charge is 0.387 e. The van der Waals surface area contributed by atoms with Gasteiger partial charge in [-0.3, -0.25) is 0 Å². The average molecular weight is 330 g/mol. The van der Waals surface area contributed by atoms with Gasteiger partial charge in [-0.2, -0.15) is 8.78 Å². The Morgan fingerprint density at radius 3 is 2.65 bits per heavy atom. The fourth-order valence-electron chi connectivity index (χ4n) is 1.24. The van der Waals surface area contributed by atoms with Gasteiger partial charge in [0, 0.05) is 5.33 Å². The highest BCUT2D eigenvalue weighted by Gasteiger charge is 2.18. The van der Waals surface area contributed by atoms with E-state index in [1.165, 1.54) is 13.2 Å². The topological polar surface area (TPSA) is 35.5 Å². The zero-order chi connectivity index (χ0) is 13.0. The number of alkyl halides is 3. The summed E-state index contributed by atoms with van der Waals surface area (Å²) in [5.41, 5.74) is 0.549. The van der Waals surface area contributed by atoms with Gasteiger partial charge < -0.3 is 9.47 Å². The summed E-state index contributed by atoms with van der Waals surface area (Å²) in [4.78, 5) is 11.4. The lowest BCUT2D eigenvalue weighted by atomic mass is 10.1. The van der Waals surface area contributed by atoms with Crippen molar-refractivity contribution in [2.45, 2.75) is 11.9 Å². The zero-order valence-corrected chi connectivity index (χ0v) is 11.0. The summed E-state index contributed by atoms with van der Waals surface area (Å²) in [5, 5.41) is 0.266. The Morgan fingerprint density at radius 2 is 2.18 bits per heavy atom. The molecule has 0 atom stereocenters. The van der Waals surface area contributed by atoms with E-state index in [-0.39, 0.29) is 21.7 Å². The molecule has 0 heterocycles. The highest BCUT2D eigenvalue weighted by molar-refractivity contribution is 9.08. The third-order valence-electron chi connectivity index (χ3n) is 1.90. The van der Waals surface area contributed by atoms with Crippen LogP contribution in [0.2, 0.25) is 5.02 Å². The van der Waals surface area contributed by atoms with Crippen LogP contribution in [0.4, 0.5) is 8.78 Å². The van der Waals surface area contributed by atoms with Crippen LogP contribution < -0.4 is 4.74 Å². The van der Waals surface area contributed by atoms with Gasteiger partial charge in [0.15, 0.2) is 0 Å². The minimum absolute atomic E-state index is 0.00412. The van der Waals surface area contributed by atoms with Crippen molar-refractivity contribution in [3.05, 3.63) is 28.3 Å². The molecule has 0 saturated carbocycles. The lowest BCUT2D eigenvalue weighted by Gasteiger charge is -2.11. The maximum atomic E-state index is 12.0. The molecular formula is C10H8BrClF2O3. The number of methoxy groups -OCH3 is 1. The van der Waals surface area contributed by atoms with E-state index in [0.29, 0.717) is 5.56 Å². The summed E-state index contributed by atoms with van der Waals surface area (Å²) in [6.45, 7) is -2.95. The third-order valence-corrected chi connectivity index (χ3v) is 2.81. The minimum atomic E-state index is -2.95. The van der Waals surface area contributed by atoms with Gasteiger partial charge in [-0.25, -0.2) is 4.79 Å². The van der Waals surface area contributed by atoms with E-state index in [0.717, 1.165) is 6.07 Å². The fraction of sp³-hybridized carbons (Fsp3) is 0.300. The summed E-state index contributed by atoms with van der Waals surface area (Å²) in [7, 11) is 1.21. The largest absolute Gasteiger partial charge is 0.465 e. The Labute approximate surface area is 110 Å². The van der Waals surface area contributed by atoms with Gasteiger partial charge in [0.25, 0.3) is 0 Å². The molecule has 0 spiro atoms. The fourth-order valence-corrected chi connectivity index (χ4v) is 1.99. The number of carbonyl (C=O) groups excluding carboxylic acids is 1. The first-order valence-electron chi connectivity index (χ1n) is 4.41. The molecule has 0 amide bonds. The number of rotatable bonds is 4. The monoisotopic (exact) mass is 328 g/mol. The predicted octanol–water partition coefficient (Wildman–Crippen LogP) is 3.62. The zero-order valence-electron chi connectivity index (χ0n) is 8.68. The van der Waals surface area contributed by atoms with Crippen molar-refractivity contribution < 1.29 is 23.0 Å². The summed E-state index contributed by atoms with van der Waals surface area (Å²) >= 11 is 8.95. The second kappa shape index (κ2) is 6.16. The third kappa shape index (κ3) is 3.54. The van der Waals surface area contributed by atoms with E-state index in [2.05, 4.69) is 25.4 Å². The molecule has 0 aliphatic carbocycles. The summed E-state index contributed by atoms with van der Waals surface area (Å²) < 4.78 is 32.9. The van der Waals surface area contributed by atoms with E-state index in [4.69, 9.17) is 11.6 Å². The van der Waals surface area contributed by atoms with Gasteiger partial charge in [-0.05, 0) is 17.7 Å². The van der Waals surface area contributed by atoms with Crippen LogP contribution in [0.3, 0.4) is 0 Å². The van der Waals surface area contributed by atoms with Crippen LogP contribution in [0.15, 0.2) is 12.1 Å². The first kappa shape index (κ1) is 14.2. The van der Waals surface area contributed by atoms with Crippen molar-refractivity contribution in [3.8, 4) is 5.75 Å². The first-order chi connectivity index (χ1) is 7.99. The van der Waals surface area contributed by atoms with Crippen LogP contribution in [0, 0.1) is 0 Å². The molecule has 3 nitrogen and oxygen atoms in total. The molecule has 0 bridgehead atoms. The lowest BCUT2D eigenvalue weighted by molar-refractivity contribution is -0.0498. The Kier molecular flexibility index (Phi) is 5.14. The summed E-state index contributed by atoms with van der Waals surface area (Å²) in [5.74, 6) is -0.736. The van der Waals surface area contributed by atoms with Crippen LogP contribution in [0.25, 0.3) is 0 Å². The standard InChI is InChI=1S/C10H8BrClF2O3/c1-16-9(15)8-5(4-11)2-6(3-7(8)12)17-10(13)14/h2-3,10H,4H2,1H3. The molecule has 0 fully saturated rings. The minimum Gasteiger partial charge on any atom is -0.465 e. The number of esters is 1. The quantitative estimate of drug-likeness (QED) is 0.625. The average Bonchev–Trinajstić information content (AvgIpc) is 2.26. The maximum absolute atomic E-state index is 12.0. The van der Waals surface area contributed by atoms with Crippen molar-refractivity contribution in [2.75, 3.05) is 7.11 Å². The number of halogens is 4. The van der Waals surface area contributed by atoms with Crippen LogP contribution in [0.1, 0.15) is 15.9 Å². The summed E-state index contributed by atoms with van der Waals surface area (Å²) in [6.07, 6.45) is 0. The first-order valence-corrected chi connectivity index (χ1v) is 5.91. The maximum Gasteiger partial charge on any atom is 0.387 e. The van der Waals surface area contributed by atoms with Crippen LogP contribution in [0.5, 0.6) is 5.75 Å². The number of carbonyl (C=O) groups is 1. The molecule has 17 heavy (non-hydrogen) atoms. The molecule has 1 aromatic rings. The van der Waals surface area contributed by atoms with Gasteiger partial charge >= 0.3 is 12.6 Å². The molecule has 0 N–H and O–H groups in total. The highest BCUT2D eigenvalue weighted by Crippen LogP contribution is 2.29. The van der Waals surface area contributed by atoms with Gasteiger partial charge in [-0.15, -0.1) is 0 Å². The second-order valence-electron chi connectivity index (χ2n) is 2.94. The van der Waals surface area contributed by atoms with Crippen molar-refractivity contribution in [1.29, 1.82) is 0 Å². The van der Waals surface area contributed by atoms with Crippen molar-refractivity contribution in [3.63, 3.8) is 0 Å². The van der Waals surface area contributed by atoms with Crippen molar-refractivity contribution in [2.24, 2.45) is 0 Å². The van der Waals surface area contributed by atoms with E-state index in [1.54, 1.807) is 0 Å². The molecule has 0 unspecified atom stereocenters. The van der Waals surface area contributed by atoms with Crippen LogP contribution in [-0.2, 0) is 10.1 Å². The second-order valence-corrected chi connectivity index (χ2v) is 3.91. The van der Waals surface area contributed by atoms with Crippen molar-refractivity contribution in [1.82, 2.24) is 0 Å². The molecule has 0 aliphatic rings. The van der Waals surface area contributed by atoms with Gasteiger partial charge in [0.05, 0.1) is 17.7 Å². The molecule has 7 heteroatoms. The van der Waals surface area contributed by atoms with E-state index in [1.807, 2.05) is 0 Å². The molecule has 1 rings (SSSR count). The predicted molar refractivity (Wildman–Crippen MR) is 62.1 cm³/mol. The number of hydrogen-bond donors (Lipinski definition) is 0. The van der Waals surface area contributed by atoms with Crippen LogP contribution >= 0.6 is 27.5 Å². The summed E-state index contributed by atoms with van der Waals surface area (Å²) in [6, 6.07) is 2.45. The Balaban J connectivity index is 3.20. The number of ether oxygens (including phenoxy) is 2. The molecular weight excluding hydrogens is 321 g/mol. The van der Waals surface area contributed by atoms with E-state index < -0.39 is 12.6 Å². The molecule has 0 saturated heterocycles. The Hall–Kier alpha value is -0.880. The van der Waals surface area contributed by atoms with Crippen molar-refractivity contribution >= 4 is 33.5 Å².